The smallest absolute Gasteiger partial charge is 0.0897 e. The second kappa shape index (κ2) is 7.17. The SMILES string of the molecule is CCOCC(O)CNCC1CCCN1C. The summed E-state index contributed by atoms with van der Waals surface area (Å²) in [6.07, 6.45) is 2.19. The van der Waals surface area contributed by atoms with Gasteiger partial charge in [-0.15, -0.1) is 0 Å². The number of rotatable bonds is 7. The first kappa shape index (κ1) is 12.9. The zero-order valence-electron chi connectivity index (χ0n) is 9.91. The van der Waals surface area contributed by atoms with Crippen molar-refractivity contribution in [3.63, 3.8) is 0 Å². The van der Waals surface area contributed by atoms with Crippen LogP contribution in [0.2, 0.25) is 0 Å². The van der Waals surface area contributed by atoms with Crippen molar-refractivity contribution < 1.29 is 9.84 Å². The summed E-state index contributed by atoms with van der Waals surface area (Å²) in [5.41, 5.74) is 0. The van der Waals surface area contributed by atoms with Crippen LogP contribution in [-0.2, 0) is 4.74 Å². The lowest BCUT2D eigenvalue weighted by Crippen LogP contribution is -2.39. The summed E-state index contributed by atoms with van der Waals surface area (Å²) in [7, 11) is 2.16. The minimum absolute atomic E-state index is 0.378. The van der Waals surface area contributed by atoms with Gasteiger partial charge in [-0.05, 0) is 33.4 Å². The molecule has 1 saturated heterocycles. The molecular formula is C11H24N2O2. The van der Waals surface area contributed by atoms with Crippen LogP contribution in [0.3, 0.4) is 0 Å². The molecule has 90 valence electrons. The van der Waals surface area contributed by atoms with E-state index < -0.39 is 0 Å². The quantitative estimate of drug-likeness (QED) is 0.632. The molecule has 0 saturated carbocycles. The number of nitrogens with one attached hydrogen (secondary N) is 1. The van der Waals surface area contributed by atoms with Crippen LogP contribution in [0.5, 0.6) is 0 Å². The van der Waals surface area contributed by atoms with Gasteiger partial charge in [-0.1, -0.05) is 0 Å². The highest BCUT2D eigenvalue weighted by atomic mass is 16.5. The minimum Gasteiger partial charge on any atom is -0.389 e. The molecule has 1 heterocycles. The number of nitrogens with zero attached hydrogens (tertiary/aromatic N) is 1. The molecule has 4 nitrogen and oxygen atoms in total. The highest BCUT2D eigenvalue weighted by Crippen LogP contribution is 2.13. The van der Waals surface area contributed by atoms with Crippen LogP contribution in [0.4, 0.5) is 0 Å². The first-order valence-electron chi connectivity index (χ1n) is 5.90. The lowest BCUT2D eigenvalue weighted by Gasteiger charge is -2.20. The van der Waals surface area contributed by atoms with Gasteiger partial charge in [0.05, 0.1) is 12.7 Å². The summed E-state index contributed by atoms with van der Waals surface area (Å²) in [5.74, 6) is 0. The molecule has 0 aromatic carbocycles. The standard InChI is InChI=1S/C11H24N2O2/c1-3-15-9-11(14)8-12-7-10-5-4-6-13(10)2/h10-12,14H,3-9H2,1-2H3. The van der Waals surface area contributed by atoms with Gasteiger partial charge >= 0.3 is 0 Å². The van der Waals surface area contributed by atoms with E-state index in [9.17, 15) is 5.11 Å². The van der Waals surface area contributed by atoms with E-state index in [1.807, 2.05) is 6.92 Å². The van der Waals surface area contributed by atoms with Gasteiger partial charge in [0.2, 0.25) is 0 Å². The van der Waals surface area contributed by atoms with E-state index in [2.05, 4.69) is 17.3 Å². The van der Waals surface area contributed by atoms with Crippen LogP contribution in [0, 0.1) is 0 Å². The van der Waals surface area contributed by atoms with Gasteiger partial charge in [-0.2, -0.15) is 0 Å². The Balaban J connectivity index is 2.00. The number of aliphatic hydroxyl groups is 1. The first-order valence-corrected chi connectivity index (χ1v) is 5.90. The van der Waals surface area contributed by atoms with Gasteiger partial charge < -0.3 is 20.1 Å². The molecule has 0 amide bonds. The molecule has 1 rings (SSSR count). The molecule has 4 heteroatoms. The van der Waals surface area contributed by atoms with Crippen molar-refractivity contribution in [1.29, 1.82) is 0 Å². The maximum Gasteiger partial charge on any atom is 0.0897 e. The fourth-order valence-electron chi connectivity index (χ4n) is 1.97. The third-order valence-corrected chi connectivity index (χ3v) is 2.95. The van der Waals surface area contributed by atoms with E-state index in [-0.39, 0.29) is 6.10 Å². The van der Waals surface area contributed by atoms with E-state index in [0.29, 0.717) is 25.8 Å². The number of ether oxygens (including phenoxy) is 1. The van der Waals surface area contributed by atoms with Crippen molar-refractivity contribution in [2.24, 2.45) is 0 Å². The fraction of sp³-hybridized carbons (Fsp3) is 1.00. The Morgan fingerprint density at radius 3 is 3.00 bits per heavy atom. The normalized spacial score (nSPS) is 24.6. The molecule has 1 aliphatic heterocycles. The second-order valence-electron chi connectivity index (χ2n) is 4.25. The average Bonchev–Trinajstić information content (AvgIpc) is 2.61. The molecular weight excluding hydrogens is 192 g/mol. The van der Waals surface area contributed by atoms with Gasteiger partial charge in [0.25, 0.3) is 0 Å². The maximum absolute atomic E-state index is 9.52. The zero-order valence-corrected chi connectivity index (χ0v) is 9.91. The molecule has 0 spiro atoms. The highest BCUT2D eigenvalue weighted by Gasteiger charge is 2.20. The molecule has 2 atom stereocenters. The lowest BCUT2D eigenvalue weighted by atomic mass is 10.2. The van der Waals surface area contributed by atoms with Gasteiger partial charge in [-0.3, -0.25) is 0 Å². The van der Waals surface area contributed by atoms with Crippen molar-refractivity contribution in [1.82, 2.24) is 10.2 Å². The summed E-state index contributed by atoms with van der Waals surface area (Å²) in [5, 5.41) is 12.8. The Morgan fingerprint density at radius 1 is 1.60 bits per heavy atom. The van der Waals surface area contributed by atoms with Gasteiger partial charge in [0, 0.05) is 25.7 Å². The summed E-state index contributed by atoms with van der Waals surface area (Å²) >= 11 is 0. The number of hydrogen-bond donors (Lipinski definition) is 2. The minimum atomic E-state index is -0.378. The Kier molecular flexibility index (Phi) is 6.17. The van der Waals surface area contributed by atoms with Gasteiger partial charge in [0.1, 0.15) is 0 Å². The average molecular weight is 216 g/mol. The third kappa shape index (κ3) is 4.93. The maximum atomic E-state index is 9.52. The van der Waals surface area contributed by atoms with Crippen LogP contribution in [-0.4, -0.2) is 62.0 Å². The summed E-state index contributed by atoms with van der Waals surface area (Å²) < 4.78 is 5.14. The molecule has 1 fully saturated rings. The number of likely N-dealkylation sites (tertiary alicyclic amines) is 1. The summed E-state index contributed by atoms with van der Waals surface area (Å²) in [6, 6.07) is 0.643. The first-order chi connectivity index (χ1) is 7.24. The van der Waals surface area contributed by atoms with E-state index in [4.69, 9.17) is 4.74 Å². The third-order valence-electron chi connectivity index (χ3n) is 2.95. The molecule has 15 heavy (non-hydrogen) atoms. The Bertz CT molecular complexity index is 167. The van der Waals surface area contributed by atoms with E-state index in [0.717, 1.165) is 6.54 Å². The molecule has 0 aromatic rings. The van der Waals surface area contributed by atoms with E-state index in [1.54, 1.807) is 0 Å². The van der Waals surface area contributed by atoms with E-state index in [1.165, 1.54) is 19.4 Å². The second-order valence-corrected chi connectivity index (χ2v) is 4.25. The molecule has 2 unspecified atom stereocenters. The fourth-order valence-corrected chi connectivity index (χ4v) is 1.97. The zero-order chi connectivity index (χ0) is 11.1. The molecule has 2 N–H and O–H groups in total. The largest absolute Gasteiger partial charge is 0.389 e. The van der Waals surface area contributed by atoms with Gasteiger partial charge in [-0.25, -0.2) is 0 Å². The Labute approximate surface area is 92.6 Å². The van der Waals surface area contributed by atoms with Crippen molar-refractivity contribution in [3.05, 3.63) is 0 Å². The summed E-state index contributed by atoms with van der Waals surface area (Å²) in [4.78, 5) is 2.38. The monoisotopic (exact) mass is 216 g/mol. The molecule has 0 bridgehead atoms. The highest BCUT2D eigenvalue weighted by molar-refractivity contribution is 4.78. The van der Waals surface area contributed by atoms with Crippen LogP contribution in [0.15, 0.2) is 0 Å². The van der Waals surface area contributed by atoms with Crippen molar-refractivity contribution >= 4 is 0 Å². The van der Waals surface area contributed by atoms with Crippen molar-refractivity contribution in [2.75, 3.05) is 39.9 Å². The molecule has 0 radical (unpaired) electrons. The van der Waals surface area contributed by atoms with Crippen molar-refractivity contribution in [2.45, 2.75) is 31.9 Å². The Morgan fingerprint density at radius 2 is 2.40 bits per heavy atom. The van der Waals surface area contributed by atoms with Crippen LogP contribution in [0.1, 0.15) is 19.8 Å². The number of likely N-dealkylation sites (N-methyl/N-ethyl adjacent to an activating group) is 1. The molecule has 0 aromatic heterocycles. The molecule has 0 aliphatic carbocycles. The van der Waals surface area contributed by atoms with Crippen LogP contribution >= 0.6 is 0 Å². The van der Waals surface area contributed by atoms with Crippen LogP contribution in [0.25, 0.3) is 0 Å². The number of hydrogen-bond acceptors (Lipinski definition) is 4. The molecule has 1 aliphatic rings. The predicted molar refractivity (Wildman–Crippen MR) is 61.0 cm³/mol. The predicted octanol–water partition coefficient (Wildman–Crippen LogP) is 0.0676. The van der Waals surface area contributed by atoms with Crippen molar-refractivity contribution in [3.8, 4) is 0 Å². The topological polar surface area (TPSA) is 44.7 Å². The Hall–Kier alpha value is -0.160. The van der Waals surface area contributed by atoms with Crippen LogP contribution < -0.4 is 5.32 Å². The number of aliphatic hydroxyl groups excluding tert-OH is 1. The van der Waals surface area contributed by atoms with E-state index >= 15 is 0 Å². The summed E-state index contributed by atoms with van der Waals surface area (Å²) in [6.45, 7) is 5.85. The van der Waals surface area contributed by atoms with Gasteiger partial charge in [0.15, 0.2) is 0 Å². The lowest BCUT2D eigenvalue weighted by molar-refractivity contribution is 0.0422.